The van der Waals surface area contributed by atoms with Crippen LogP contribution in [0.2, 0.25) is 10.0 Å². The molecule has 0 atom stereocenters. The van der Waals surface area contributed by atoms with Crippen LogP contribution in [-0.4, -0.2) is 44.8 Å². The summed E-state index contributed by atoms with van der Waals surface area (Å²) in [6.45, 7) is 2.26. The second-order valence-corrected chi connectivity index (χ2v) is 14.3. The maximum absolute atomic E-state index is 13.5. The van der Waals surface area contributed by atoms with Gasteiger partial charge in [0.1, 0.15) is 5.76 Å². The number of fused-ring (bicyclic) bond motifs is 2. The third-order valence-electron chi connectivity index (χ3n) is 9.27. The number of hydrazone groups is 2. The van der Waals surface area contributed by atoms with Crippen molar-refractivity contribution in [2.24, 2.45) is 10.2 Å². The summed E-state index contributed by atoms with van der Waals surface area (Å²) in [5.74, 6) is -3.54. The van der Waals surface area contributed by atoms with Crippen LogP contribution in [0.3, 0.4) is 0 Å². The predicted octanol–water partition coefficient (Wildman–Crippen LogP) is 7.65. The molecule has 5 N–H and O–H groups in total. The normalized spacial score (nSPS) is 13.0. The Hall–Kier alpha value is -7.42. The summed E-state index contributed by atoms with van der Waals surface area (Å²) in [6, 6.07) is 27.8. The third-order valence-corrected chi connectivity index (χ3v) is 9.90. The fraction of sp³-hybridized carbons (Fsp3) is 0.0909. The van der Waals surface area contributed by atoms with Gasteiger partial charge in [0.05, 0.1) is 38.2 Å². The lowest BCUT2D eigenvalue weighted by molar-refractivity contribution is -0.133. The van der Waals surface area contributed by atoms with E-state index in [1.807, 2.05) is 60.7 Å². The fourth-order valence-electron chi connectivity index (χ4n) is 6.43. The van der Waals surface area contributed by atoms with Gasteiger partial charge in [-0.25, -0.2) is 4.79 Å². The maximum atomic E-state index is 13.5. The molecule has 0 saturated heterocycles. The van der Waals surface area contributed by atoms with Gasteiger partial charge in [-0.15, -0.1) is 0 Å². The number of anilines is 2. The van der Waals surface area contributed by atoms with Crippen LogP contribution in [0.15, 0.2) is 140 Å². The number of ether oxygens (including phenoxy) is 1. The molecule has 14 nitrogen and oxygen atoms in total. The number of nitrogens with zero attached hydrogens (tertiary/aromatic N) is 2. The zero-order valence-corrected chi connectivity index (χ0v) is 33.3. The summed E-state index contributed by atoms with van der Waals surface area (Å²) in [7, 11) is 0. The number of nitrogens with one attached hydrogen (secondary N) is 5. The molecule has 1 amide bonds. The average molecular weight is 843 g/mol. The predicted molar refractivity (Wildman–Crippen MR) is 233 cm³/mol. The molecule has 0 fully saturated rings. The number of allylic oxidation sites excluding steroid dienone is 3. The summed E-state index contributed by atoms with van der Waals surface area (Å²) in [6.07, 6.45) is 3.77. The molecule has 300 valence electrons. The molecule has 2 aromatic heterocycles. The summed E-state index contributed by atoms with van der Waals surface area (Å²) in [5.41, 5.74) is 7.61. The van der Waals surface area contributed by atoms with E-state index in [0.29, 0.717) is 39.4 Å². The maximum Gasteiger partial charge on any atom is 0.367 e. The Morgan fingerprint density at radius 2 is 1.15 bits per heavy atom. The Labute approximate surface area is 350 Å². The molecule has 7 rings (SSSR count). The van der Waals surface area contributed by atoms with Crippen molar-refractivity contribution < 1.29 is 23.9 Å². The first-order valence-corrected chi connectivity index (χ1v) is 19.1. The van der Waals surface area contributed by atoms with Gasteiger partial charge in [0.25, 0.3) is 5.91 Å². The van der Waals surface area contributed by atoms with E-state index in [9.17, 15) is 28.8 Å². The number of aromatic nitrogens is 2. The summed E-state index contributed by atoms with van der Waals surface area (Å²) < 4.78 is 5.59. The number of esters is 1. The van der Waals surface area contributed by atoms with E-state index in [1.54, 1.807) is 18.2 Å². The molecule has 4 aromatic carbocycles. The number of pyridine rings is 2. The molecular formula is C44H33Cl2N7O7. The molecule has 0 radical (unpaired) electrons. The summed E-state index contributed by atoms with van der Waals surface area (Å²) >= 11 is 13.2. The molecule has 2 heterocycles. The Morgan fingerprint density at radius 1 is 0.667 bits per heavy atom. The average Bonchev–Trinajstić information content (AvgIpc) is 3.22. The zero-order chi connectivity index (χ0) is 42.5. The van der Waals surface area contributed by atoms with Gasteiger partial charge in [0, 0.05) is 43.2 Å². The van der Waals surface area contributed by atoms with Crippen LogP contribution in [0.4, 0.5) is 11.4 Å². The number of H-pyrrole nitrogens is 2. The quantitative estimate of drug-likeness (QED) is 0.0355. The monoisotopic (exact) mass is 841 g/mol. The highest BCUT2D eigenvalue weighted by Crippen LogP contribution is 2.34. The molecule has 1 aliphatic carbocycles. The highest BCUT2D eigenvalue weighted by molar-refractivity contribution is 6.65. The van der Waals surface area contributed by atoms with Crippen molar-refractivity contribution in [1.29, 1.82) is 0 Å². The van der Waals surface area contributed by atoms with Crippen LogP contribution in [0.25, 0.3) is 44.1 Å². The largest absolute Gasteiger partial charge is 0.424 e. The second-order valence-electron chi connectivity index (χ2n) is 13.5. The minimum Gasteiger partial charge on any atom is -0.424 e. The minimum absolute atomic E-state index is 0.00818. The molecule has 6 aromatic rings. The number of halogens is 2. The molecule has 0 bridgehead atoms. The van der Waals surface area contributed by atoms with Crippen molar-refractivity contribution >= 4 is 91.2 Å². The number of hydrogen-bond acceptors (Lipinski definition) is 11. The number of Topliss-reactive ketones (excluding diaryl/α,β-unsaturated/α-hetero) is 2. The van der Waals surface area contributed by atoms with E-state index in [0.717, 1.165) is 25.0 Å². The molecular weight excluding hydrogens is 809 g/mol. The molecule has 0 aliphatic heterocycles. The van der Waals surface area contributed by atoms with E-state index in [4.69, 9.17) is 27.9 Å². The lowest BCUT2D eigenvalue weighted by Crippen LogP contribution is -2.36. The van der Waals surface area contributed by atoms with Gasteiger partial charge in [-0.2, -0.15) is 10.2 Å². The topological polar surface area (TPSA) is 204 Å². The van der Waals surface area contributed by atoms with Crippen LogP contribution in [0.5, 0.6) is 0 Å². The van der Waals surface area contributed by atoms with Crippen LogP contribution in [-0.2, 0) is 23.9 Å². The van der Waals surface area contributed by atoms with E-state index < -0.39 is 34.9 Å². The van der Waals surface area contributed by atoms with Gasteiger partial charge >= 0.3 is 5.97 Å². The molecule has 16 heteroatoms. The summed E-state index contributed by atoms with van der Waals surface area (Å²) in [4.78, 5) is 82.9. The van der Waals surface area contributed by atoms with Crippen LogP contribution >= 0.6 is 23.2 Å². The van der Waals surface area contributed by atoms with Gasteiger partial charge in [-0.3, -0.25) is 34.8 Å². The van der Waals surface area contributed by atoms with E-state index in [-0.39, 0.29) is 50.4 Å². The molecule has 60 heavy (non-hydrogen) atoms. The van der Waals surface area contributed by atoms with E-state index >= 15 is 0 Å². The smallest absolute Gasteiger partial charge is 0.367 e. The van der Waals surface area contributed by atoms with Crippen molar-refractivity contribution in [3.63, 3.8) is 0 Å². The number of rotatable bonds is 12. The highest BCUT2D eigenvalue weighted by atomic mass is 35.5. The number of carbonyl (C=O) groups excluding carboxylic acids is 4. The van der Waals surface area contributed by atoms with Crippen LogP contribution in [0, 0.1) is 0 Å². The lowest BCUT2D eigenvalue weighted by Gasteiger charge is -2.17. The number of aromatic amines is 2. The number of hydrogen-bond donors (Lipinski definition) is 5. The first-order chi connectivity index (χ1) is 28.9. The molecule has 0 unspecified atom stereocenters. The Kier molecular flexibility index (Phi) is 12.0. The third kappa shape index (κ3) is 8.99. The van der Waals surface area contributed by atoms with Crippen molar-refractivity contribution in [2.75, 3.05) is 10.9 Å². The van der Waals surface area contributed by atoms with Crippen molar-refractivity contribution in [3.8, 4) is 22.3 Å². The zero-order valence-electron chi connectivity index (χ0n) is 31.8. The number of benzene rings is 4. The first-order valence-electron chi connectivity index (χ1n) is 18.3. The number of amides is 1. The minimum atomic E-state index is -1.13. The number of carbonyl (C=O) groups is 4. The highest BCUT2D eigenvalue weighted by Gasteiger charge is 2.25. The van der Waals surface area contributed by atoms with Crippen molar-refractivity contribution in [1.82, 2.24) is 15.3 Å². The van der Waals surface area contributed by atoms with Gasteiger partial charge in [0.2, 0.25) is 16.8 Å². The van der Waals surface area contributed by atoms with E-state index in [1.165, 1.54) is 30.3 Å². The SMILES string of the molecule is CC(=O)C(=NNc1cc2[nH]c(=O)cc(-c3ccccc3)c2cc1Cl)C(=O)NC1=C(OC(=O)C(=NNc2cc3[nH]c(=O)cc(-c4ccccc4)c3cc2Cl)C(C)=O)CCC=C1. The van der Waals surface area contributed by atoms with E-state index in [2.05, 4.69) is 36.3 Å². The fourth-order valence-corrected chi connectivity index (χ4v) is 6.84. The summed E-state index contributed by atoms with van der Waals surface area (Å²) in [5, 5.41) is 12.3. The van der Waals surface area contributed by atoms with Gasteiger partial charge in [-0.1, -0.05) is 89.9 Å². The van der Waals surface area contributed by atoms with Gasteiger partial charge < -0.3 is 20.0 Å². The van der Waals surface area contributed by atoms with Crippen molar-refractivity contribution in [2.45, 2.75) is 26.7 Å². The molecule has 0 spiro atoms. The molecule has 0 saturated carbocycles. The Balaban J connectivity index is 1.10. The van der Waals surface area contributed by atoms with Crippen LogP contribution < -0.4 is 27.3 Å². The first kappa shape index (κ1) is 40.8. The van der Waals surface area contributed by atoms with Gasteiger partial charge in [-0.05, 0) is 59.0 Å². The number of ketones is 2. The van der Waals surface area contributed by atoms with Crippen molar-refractivity contribution in [3.05, 3.63) is 151 Å². The molecule has 1 aliphatic rings. The van der Waals surface area contributed by atoms with Crippen LogP contribution in [0.1, 0.15) is 26.7 Å². The second kappa shape index (κ2) is 17.6. The lowest BCUT2D eigenvalue weighted by atomic mass is 10.0. The Bertz CT molecular complexity index is 2990. The standard InChI is InChI=1S/C44H33Cl2N7O7/c1-23(54)41(52-50-36-21-34-29(17-31(36)45)27(19-39(56)47-34)25-11-5-3-6-12-25)43(58)49-33-15-9-10-16-38(33)60-44(59)42(24(2)55)53-51-37-22-35-30(18-32(37)46)28(20-40(57)48-35)26-13-7-4-8-14-26/h3-9,11-15,17-22,50-51H,10,16H2,1-2H3,(H,47,56)(H,48,57)(H,49,58). The van der Waals surface area contributed by atoms with Gasteiger partial charge in [0.15, 0.2) is 17.3 Å². The Morgan fingerprint density at radius 3 is 1.63 bits per heavy atom.